The maximum Gasteiger partial charge on any atom is 0.115 e. The third kappa shape index (κ3) is 6.23. The predicted molar refractivity (Wildman–Crippen MR) is 115 cm³/mol. The molecule has 0 aliphatic rings. The van der Waals surface area contributed by atoms with Gasteiger partial charge in [0.25, 0.3) is 0 Å². The fraction of sp³-hybridized carbons (Fsp3) is 0.182. The fourth-order valence-electron chi connectivity index (χ4n) is 2.28. The van der Waals surface area contributed by atoms with Gasteiger partial charge in [0, 0.05) is 41.8 Å². The normalized spacial score (nSPS) is 10.9. The van der Waals surface area contributed by atoms with Crippen molar-refractivity contribution in [2.45, 2.75) is 13.1 Å². The minimum Gasteiger partial charge on any atom is -0.389 e. The number of nitrogens with two attached hydrogens (primary N) is 1. The number of hydrazine groups is 1. The Kier molecular flexibility index (Phi) is 7.50. The molecule has 0 amide bonds. The molecule has 0 saturated carbocycles. The molecule has 0 fully saturated rings. The highest BCUT2D eigenvalue weighted by Gasteiger charge is 2.07. The topological polar surface area (TPSA) is 74.1 Å². The maximum atomic E-state index is 5.98. The van der Waals surface area contributed by atoms with Crippen LogP contribution in [-0.2, 0) is 0 Å². The Morgan fingerprint density at radius 2 is 1.78 bits per heavy atom. The maximum absolute atomic E-state index is 5.98. The Hall–Kier alpha value is -3.20. The smallest absolute Gasteiger partial charge is 0.115 e. The Bertz CT molecular complexity index is 843. The van der Waals surface area contributed by atoms with Crippen molar-refractivity contribution in [1.82, 2.24) is 16.1 Å². The summed E-state index contributed by atoms with van der Waals surface area (Å²) in [6.45, 7) is 10.8. The fourth-order valence-corrected chi connectivity index (χ4v) is 2.28. The van der Waals surface area contributed by atoms with Crippen LogP contribution in [0.25, 0.3) is 5.70 Å². The van der Waals surface area contributed by atoms with Gasteiger partial charge in [0.1, 0.15) is 6.17 Å². The zero-order valence-electron chi connectivity index (χ0n) is 15.9. The molecule has 27 heavy (non-hydrogen) atoms. The molecule has 2 aromatic carbocycles. The summed E-state index contributed by atoms with van der Waals surface area (Å²) in [5.74, 6) is 6.37. The molecule has 5 nitrogen and oxygen atoms in total. The number of rotatable bonds is 8. The minimum absolute atomic E-state index is 0.398. The number of likely N-dealkylation sites (N-methyl/N-ethyl adjacent to an activating group) is 1. The molecule has 0 bridgehead atoms. The first-order valence-electron chi connectivity index (χ1n) is 8.82. The van der Waals surface area contributed by atoms with E-state index in [0.717, 1.165) is 34.6 Å². The molecule has 0 aliphatic carbocycles. The summed E-state index contributed by atoms with van der Waals surface area (Å²) in [5, 5.41) is 6.05. The van der Waals surface area contributed by atoms with Crippen molar-refractivity contribution in [3.63, 3.8) is 0 Å². The van der Waals surface area contributed by atoms with Gasteiger partial charge >= 0.3 is 0 Å². The van der Waals surface area contributed by atoms with Gasteiger partial charge in [-0.3, -0.25) is 0 Å². The molecular weight excluding hydrogens is 334 g/mol. The molecule has 6 N–H and O–H groups in total. The van der Waals surface area contributed by atoms with E-state index in [4.69, 9.17) is 5.73 Å². The van der Waals surface area contributed by atoms with Crippen molar-refractivity contribution in [2.24, 2.45) is 5.73 Å². The molecule has 1 unspecified atom stereocenters. The van der Waals surface area contributed by atoms with E-state index in [1.54, 1.807) is 7.05 Å². The van der Waals surface area contributed by atoms with E-state index in [1.165, 1.54) is 0 Å². The van der Waals surface area contributed by atoms with Crippen molar-refractivity contribution < 1.29 is 0 Å². The van der Waals surface area contributed by atoms with Crippen LogP contribution in [-0.4, -0.2) is 19.8 Å². The Labute approximate surface area is 161 Å². The van der Waals surface area contributed by atoms with Crippen LogP contribution in [0.15, 0.2) is 67.4 Å². The second-order valence-electron chi connectivity index (χ2n) is 5.94. The van der Waals surface area contributed by atoms with Crippen LogP contribution in [0.3, 0.4) is 0 Å². The molecule has 140 valence electrons. The van der Waals surface area contributed by atoms with Crippen LogP contribution in [0, 0.1) is 11.8 Å². The van der Waals surface area contributed by atoms with Gasteiger partial charge in [-0.2, -0.15) is 0 Å². The van der Waals surface area contributed by atoms with Gasteiger partial charge in [-0.25, -0.2) is 5.43 Å². The van der Waals surface area contributed by atoms with Crippen LogP contribution in [0.2, 0.25) is 0 Å². The van der Waals surface area contributed by atoms with Crippen molar-refractivity contribution in [2.75, 3.05) is 19.0 Å². The lowest BCUT2D eigenvalue weighted by Gasteiger charge is -2.19. The first kappa shape index (κ1) is 20.1. The molecule has 0 aliphatic heterocycles. The lowest BCUT2D eigenvalue weighted by molar-refractivity contribution is 0.667. The molecule has 1 atom stereocenters. The van der Waals surface area contributed by atoms with E-state index in [9.17, 15) is 0 Å². The standard InChI is InChI=1S/C22H27N5/c1-5-25-27-21-8-6-7-19(15-21)10-9-18-11-13-20(14-12-18)16(2)26-22(23)17(3)24-4/h6-8,11-15,22,24-27H,2-3,5,23H2,1,4H3. The highest BCUT2D eigenvalue weighted by atomic mass is 15.3. The molecule has 5 heteroatoms. The highest BCUT2D eigenvalue weighted by Crippen LogP contribution is 2.12. The van der Waals surface area contributed by atoms with E-state index < -0.39 is 6.17 Å². The van der Waals surface area contributed by atoms with Gasteiger partial charge in [0.15, 0.2) is 0 Å². The summed E-state index contributed by atoms with van der Waals surface area (Å²) in [4.78, 5) is 0. The first-order valence-corrected chi connectivity index (χ1v) is 8.82. The monoisotopic (exact) mass is 361 g/mol. The summed E-state index contributed by atoms with van der Waals surface area (Å²) in [6.07, 6.45) is -0.398. The molecule has 0 aromatic heterocycles. The van der Waals surface area contributed by atoms with Crippen molar-refractivity contribution in [3.8, 4) is 11.8 Å². The number of hydrogen-bond donors (Lipinski definition) is 5. The zero-order valence-corrected chi connectivity index (χ0v) is 15.9. The third-order valence-corrected chi connectivity index (χ3v) is 3.88. The summed E-state index contributed by atoms with van der Waals surface area (Å²) >= 11 is 0. The van der Waals surface area contributed by atoms with E-state index in [-0.39, 0.29) is 0 Å². The summed E-state index contributed by atoms with van der Waals surface area (Å²) in [7, 11) is 1.78. The largest absolute Gasteiger partial charge is 0.389 e. The molecule has 2 rings (SSSR count). The second kappa shape index (κ2) is 10.1. The third-order valence-electron chi connectivity index (χ3n) is 3.88. The first-order chi connectivity index (χ1) is 13.0. The van der Waals surface area contributed by atoms with Gasteiger partial charge in [-0.05, 0) is 35.9 Å². The number of benzene rings is 2. The molecule has 0 heterocycles. The lowest BCUT2D eigenvalue weighted by atomic mass is 10.1. The predicted octanol–water partition coefficient (Wildman–Crippen LogP) is 2.60. The van der Waals surface area contributed by atoms with Crippen molar-refractivity contribution in [1.29, 1.82) is 0 Å². The average molecular weight is 361 g/mol. The van der Waals surface area contributed by atoms with E-state index in [1.807, 2.05) is 55.5 Å². The Balaban J connectivity index is 2.03. The average Bonchev–Trinajstić information content (AvgIpc) is 2.70. The second-order valence-corrected chi connectivity index (χ2v) is 5.94. The quantitative estimate of drug-likeness (QED) is 0.284. The van der Waals surface area contributed by atoms with Gasteiger partial charge < -0.3 is 21.8 Å². The molecule has 0 radical (unpaired) electrons. The van der Waals surface area contributed by atoms with E-state index in [2.05, 4.69) is 46.5 Å². The number of nitrogens with one attached hydrogen (secondary N) is 4. The summed E-state index contributed by atoms with van der Waals surface area (Å²) in [5.41, 5.74) is 17.4. The molecule has 0 spiro atoms. The van der Waals surface area contributed by atoms with Crippen LogP contribution in [0.5, 0.6) is 0 Å². The highest BCUT2D eigenvalue weighted by molar-refractivity contribution is 5.63. The molecule has 0 saturated heterocycles. The summed E-state index contributed by atoms with van der Waals surface area (Å²) < 4.78 is 0. The van der Waals surface area contributed by atoms with Gasteiger partial charge in [0.05, 0.1) is 0 Å². The van der Waals surface area contributed by atoms with Crippen LogP contribution in [0.4, 0.5) is 5.69 Å². The zero-order chi connectivity index (χ0) is 19.6. The van der Waals surface area contributed by atoms with Crippen molar-refractivity contribution >= 4 is 11.4 Å². The summed E-state index contributed by atoms with van der Waals surface area (Å²) in [6, 6.07) is 15.8. The SMILES string of the molecule is C=C(NC(N)C(=C)NC)c1ccc(C#Cc2cccc(NNCC)c2)cc1. The Morgan fingerprint density at radius 3 is 2.44 bits per heavy atom. The molecular formula is C22H27N5. The van der Waals surface area contributed by atoms with Crippen molar-refractivity contribution in [3.05, 3.63) is 84.1 Å². The number of hydrogen-bond acceptors (Lipinski definition) is 5. The van der Waals surface area contributed by atoms with E-state index in [0.29, 0.717) is 5.70 Å². The Morgan fingerprint density at radius 1 is 1.07 bits per heavy atom. The van der Waals surface area contributed by atoms with Gasteiger partial charge in [-0.1, -0.05) is 50.1 Å². The van der Waals surface area contributed by atoms with Crippen LogP contribution < -0.4 is 27.2 Å². The lowest BCUT2D eigenvalue weighted by Crippen LogP contribution is -2.41. The van der Waals surface area contributed by atoms with Gasteiger partial charge in [-0.15, -0.1) is 0 Å². The van der Waals surface area contributed by atoms with Gasteiger partial charge in [0.2, 0.25) is 0 Å². The molecule has 2 aromatic rings. The van der Waals surface area contributed by atoms with E-state index >= 15 is 0 Å². The van der Waals surface area contributed by atoms with Crippen LogP contribution in [0.1, 0.15) is 23.6 Å². The minimum atomic E-state index is -0.398. The number of anilines is 1. The van der Waals surface area contributed by atoms with Crippen LogP contribution >= 0.6 is 0 Å².